The average Bonchev–Trinajstić information content (AvgIpc) is 2.28. The van der Waals surface area contributed by atoms with E-state index >= 15 is 0 Å². The molecule has 88 valence electrons. The zero-order valence-electron chi connectivity index (χ0n) is 11.0. The van der Waals surface area contributed by atoms with Gasteiger partial charge in [0.05, 0.1) is 0 Å². The maximum absolute atomic E-state index is 3.85. The van der Waals surface area contributed by atoms with Gasteiger partial charge in [0.2, 0.25) is 0 Å². The maximum atomic E-state index is 3.85. The molecule has 0 saturated carbocycles. The van der Waals surface area contributed by atoms with Crippen molar-refractivity contribution in [2.24, 2.45) is 0 Å². The standard InChI is InChI=1S/C16H24/c1-5-7-8-9-10-16-12-13(3)15(6-2)11-14(16)4/h6,11-12H,2,5,7-10H2,1,3-4H3. The molecule has 0 heterocycles. The summed E-state index contributed by atoms with van der Waals surface area (Å²) in [6, 6.07) is 4.59. The second-order valence-electron chi connectivity index (χ2n) is 4.65. The Morgan fingerprint density at radius 3 is 2.44 bits per heavy atom. The minimum atomic E-state index is 1.23. The Kier molecular flexibility index (Phi) is 5.31. The fraction of sp³-hybridized carbons (Fsp3) is 0.500. The minimum Gasteiger partial charge on any atom is -0.0985 e. The molecule has 0 radical (unpaired) electrons. The van der Waals surface area contributed by atoms with Crippen molar-refractivity contribution in [3.63, 3.8) is 0 Å². The first-order valence-electron chi connectivity index (χ1n) is 6.41. The largest absolute Gasteiger partial charge is 0.0985 e. The summed E-state index contributed by atoms with van der Waals surface area (Å²) >= 11 is 0. The molecule has 0 atom stereocenters. The van der Waals surface area contributed by atoms with Crippen molar-refractivity contribution >= 4 is 6.08 Å². The van der Waals surface area contributed by atoms with Gasteiger partial charge in [-0.25, -0.2) is 0 Å². The van der Waals surface area contributed by atoms with Crippen LogP contribution in [-0.4, -0.2) is 0 Å². The van der Waals surface area contributed by atoms with Crippen LogP contribution in [0.15, 0.2) is 18.7 Å². The molecule has 0 spiro atoms. The van der Waals surface area contributed by atoms with E-state index < -0.39 is 0 Å². The summed E-state index contributed by atoms with van der Waals surface area (Å²) in [4.78, 5) is 0. The van der Waals surface area contributed by atoms with Gasteiger partial charge in [0.1, 0.15) is 0 Å². The first-order valence-corrected chi connectivity index (χ1v) is 6.41. The highest BCUT2D eigenvalue weighted by molar-refractivity contribution is 5.54. The second-order valence-corrected chi connectivity index (χ2v) is 4.65. The molecule has 1 aromatic rings. The van der Waals surface area contributed by atoms with Gasteiger partial charge in [-0.1, -0.05) is 51.0 Å². The van der Waals surface area contributed by atoms with Crippen LogP contribution in [0.4, 0.5) is 0 Å². The van der Waals surface area contributed by atoms with Crippen molar-refractivity contribution < 1.29 is 0 Å². The number of aryl methyl sites for hydroxylation is 3. The lowest BCUT2D eigenvalue weighted by atomic mass is 9.96. The van der Waals surface area contributed by atoms with Crippen LogP contribution in [0, 0.1) is 13.8 Å². The molecule has 0 heteroatoms. The Bertz CT molecular complexity index is 347. The lowest BCUT2D eigenvalue weighted by molar-refractivity contribution is 0.665. The Labute approximate surface area is 100 Å². The SMILES string of the molecule is C=Cc1cc(C)c(CCCCCC)cc1C. The Hall–Kier alpha value is -1.04. The van der Waals surface area contributed by atoms with Crippen molar-refractivity contribution in [3.8, 4) is 0 Å². The molecule has 0 amide bonds. The van der Waals surface area contributed by atoms with Gasteiger partial charge in [0, 0.05) is 0 Å². The summed E-state index contributed by atoms with van der Waals surface area (Å²) in [7, 11) is 0. The summed E-state index contributed by atoms with van der Waals surface area (Å²) < 4.78 is 0. The van der Waals surface area contributed by atoms with E-state index in [9.17, 15) is 0 Å². The average molecular weight is 216 g/mol. The summed E-state index contributed by atoms with van der Waals surface area (Å²) in [5.74, 6) is 0. The molecule has 0 aliphatic carbocycles. The molecule has 0 nitrogen and oxygen atoms in total. The van der Waals surface area contributed by atoms with Crippen LogP contribution < -0.4 is 0 Å². The normalized spacial score (nSPS) is 10.4. The first-order chi connectivity index (χ1) is 7.69. The predicted octanol–water partition coefficient (Wildman–Crippen LogP) is 5.07. The summed E-state index contributed by atoms with van der Waals surface area (Å²) in [5, 5.41) is 0. The molecule has 1 rings (SSSR count). The molecule has 0 aliphatic rings. The molecule has 0 fully saturated rings. The van der Waals surface area contributed by atoms with Crippen molar-refractivity contribution in [2.75, 3.05) is 0 Å². The number of hydrogen-bond donors (Lipinski definition) is 0. The molecule has 0 saturated heterocycles. The topological polar surface area (TPSA) is 0 Å². The molecule has 0 unspecified atom stereocenters. The van der Waals surface area contributed by atoms with Crippen LogP contribution in [0.2, 0.25) is 0 Å². The van der Waals surface area contributed by atoms with Crippen LogP contribution >= 0.6 is 0 Å². The zero-order valence-corrected chi connectivity index (χ0v) is 11.0. The Morgan fingerprint density at radius 1 is 1.06 bits per heavy atom. The van der Waals surface area contributed by atoms with Crippen molar-refractivity contribution in [1.29, 1.82) is 0 Å². The Balaban J connectivity index is 2.66. The van der Waals surface area contributed by atoms with Gasteiger partial charge in [-0.15, -0.1) is 0 Å². The third-order valence-corrected chi connectivity index (χ3v) is 3.24. The van der Waals surface area contributed by atoms with Crippen molar-refractivity contribution in [3.05, 3.63) is 41.0 Å². The van der Waals surface area contributed by atoms with Gasteiger partial charge < -0.3 is 0 Å². The lowest BCUT2D eigenvalue weighted by Crippen LogP contribution is -1.93. The van der Waals surface area contributed by atoms with E-state index in [1.54, 1.807) is 0 Å². The van der Waals surface area contributed by atoms with Gasteiger partial charge in [0.15, 0.2) is 0 Å². The summed E-state index contributed by atoms with van der Waals surface area (Å²) in [6.45, 7) is 10.5. The minimum absolute atomic E-state index is 1.23. The fourth-order valence-corrected chi connectivity index (χ4v) is 2.13. The van der Waals surface area contributed by atoms with Gasteiger partial charge in [-0.2, -0.15) is 0 Å². The number of benzene rings is 1. The maximum Gasteiger partial charge on any atom is -0.0230 e. The zero-order chi connectivity index (χ0) is 12.0. The molecule has 0 aliphatic heterocycles. The third-order valence-electron chi connectivity index (χ3n) is 3.24. The van der Waals surface area contributed by atoms with Gasteiger partial charge in [-0.3, -0.25) is 0 Å². The molecule has 0 bridgehead atoms. The van der Waals surface area contributed by atoms with Crippen molar-refractivity contribution in [2.45, 2.75) is 52.9 Å². The van der Waals surface area contributed by atoms with Crippen LogP contribution in [0.3, 0.4) is 0 Å². The van der Waals surface area contributed by atoms with E-state index in [0.29, 0.717) is 0 Å². The van der Waals surface area contributed by atoms with Gasteiger partial charge in [-0.05, 0) is 48.9 Å². The van der Waals surface area contributed by atoms with E-state index in [4.69, 9.17) is 0 Å². The summed E-state index contributed by atoms with van der Waals surface area (Å²) in [6.07, 6.45) is 8.53. The van der Waals surface area contributed by atoms with E-state index in [2.05, 4.69) is 39.5 Å². The third kappa shape index (κ3) is 3.52. The molecular formula is C16H24. The van der Waals surface area contributed by atoms with Crippen LogP contribution in [0.5, 0.6) is 0 Å². The number of hydrogen-bond acceptors (Lipinski definition) is 0. The highest BCUT2D eigenvalue weighted by Gasteiger charge is 2.02. The van der Waals surface area contributed by atoms with E-state index in [-0.39, 0.29) is 0 Å². The fourth-order valence-electron chi connectivity index (χ4n) is 2.13. The Morgan fingerprint density at radius 2 is 1.81 bits per heavy atom. The smallest absolute Gasteiger partial charge is 0.0230 e. The molecule has 16 heavy (non-hydrogen) atoms. The first kappa shape index (κ1) is 13.0. The number of unbranched alkanes of at least 4 members (excludes halogenated alkanes) is 3. The predicted molar refractivity (Wildman–Crippen MR) is 73.9 cm³/mol. The highest BCUT2D eigenvalue weighted by Crippen LogP contribution is 2.19. The molecule has 0 aromatic heterocycles. The molecular weight excluding hydrogens is 192 g/mol. The lowest BCUT2D eigenvalue weighted by Gasteiger charge is -2.10. The van der Waals surface area contributed by atoms with Crippen LogP contribution in [0.1, 0.15) is 54.9 Å². The second kappa shape index (κ2) is 6.52. The van der Waals surface area contributed by atoms with E-state index in [1.807, 2.05) is 6.08 Å². The quantitative estimate of drug-likeness (QED) is 0.582. The monoisotopic (exact) mass is 216 g/mol. The van der Waals surface area contributed by atoms with Crippen LogP contribution in [0.25, 0.3) is 6.08 Å². The molecule has 1 aromatic carbocycles. The van der Waals surface area contributed by atoms with Gasteiger partial charge in [0.25, 0.3) is 0 Å². The van der Waals surface area contributed by atoms with Gasteiger partial charge >= 0.3 is 0 Å². The van der Waals surface area contributed by atoms with E-state index in [1.165, 1.54) is 54.4 Å². The highest BCUT2D eigenvalue weighted by atomic mass is 14.1. The van der Waals surface area contributed by atoms with E-state index in [0.717, 1.165) is 0 Å². The summed E-state index contributed by atoms with van der Waals surface area (Å²) in [5.41, 5.74) is 5.55. The number of rotatable bonds is 6. The molecule has 0 N–H and O–H groups in total. The van der Waals surface area contributed by atoms with Crippen LogP contribution in [-0.2, 0) is 6.42 Å². The van der Waals surface area contributed by atoms with Crippen molar-refractivity contribution in [1.82, 2.24) is 0 Å².